The first-order valence-corrected chi connectivity index (χ1v) is 16.2. The summed E-state index contributed by atoms with van der Waals surface area (Å²) >= 11 is 0. The molecule has 0 aliphatic carbocycles. The van der Waals surface area contributed by atoms with E-state index in [0.29, 0.717) is 0 Å². The first kappa shape index (κ1) is 40.5. The molecule has 3 aromatic rings. The van der Waals surface area contributed by atoms with Crippen molar-refractivity contribution in [3.8, 4) is 11.5 Å². The lowest BCUT2D eigenvalue weighted by atomic mass is 9.95. The Morgan fingerprint density at radius 2 is 1.12 bits per heavy atom. The van der Waals surface area contributed by atoms with Crippen LogP contribution in [0.4, 0.5) is 4.79 Å². The fourth-order valence-electron chi connectivity index (χ4n) is 4.19. The minimum Gasteiger partial charge on any atom is -0.461 e. The normalized spacial score (nSPS) is 12.1. The number of carbonyl (C=O) groups is 6. The van der Waals surface area contributed by atoms with Crippen molar-refractivity contribution in [2.75, 3.05) is 13.2 Å². The SMILES string of the molecule is CC(C)(C)OC(=O)N[C@@H](Cc1ccc(OC(=O)C(C)(C)COC(=O)c2ccccc2)c(OC(=O)C(C)(C)COC(=O)c2ccccc2)c1)C(=O)N=O. The summed E-state index contributed by atoms with van der Waals surface area (Å²) in [5.74, 6) is -4.74. The summed E-state index contributed by atoms with van der Waals surface area (Å²) in [4.78, 5) is 87.9. The number of nitrogens with one attached hydrogen (secondary N) is 1. The van der Waals surface area contributed by atoms with E-state index in [1.165, 1.54) is 45.9 Å². The molecule has 3 rings (SSSR count). The number of nitroso groups, excluding NO2 is 1. The Labute approximate surface area is 301 Å². The number of rotatable bonds is 14. The number of nitrogens with zero attached hydrogens (tertiary/aromatic N) is 1. The molecule has 0 saturated carbocycles. The average molecular weight is 719 g/mol. The molecule has 1 N–H and O–H groups in total. The Hall–Kier alpha value is -5.92. The second-order valence-electron chi connectivity index (χ2n) is 14.0. The molecule has 0 fully saturated rings. The van der Waals surface area contributed by atoms with Crippen molar-refractivity contribution < 1.29 is 52.5 Å². The number of carbonyl (C=O) groups excluding carboxylic acids is 6. The predicted octanol–water partition coefficient (Wildman–Crippen LogP) is 5.99. The summed E-state index contributed by atoms with van der Waals surface area (Å²) < 4.78 is 27.3. The highest BCUT2D eigenvalue weighted by atomic mass is 16.6. The highest BCUT2D eigenvalue weighted by molar-refractivity contribution is 5.90. The van der Waals surface area contributed by atoms with Gasteiger partial charge >= 0.3 is 35.9 Å². The third kappa shape index (κ3) is 12.1. The first-order valence-electron chi connectivity index (χ1n) is 16.2. The summed E-state index contributed by atoms with van der Waals surface area (Å²) in [7, 11) is 0. The summed E-state index contributed by atoms with van der Waals surface area (Å²) in [6, 6.07) is 18.9. The van der Waals surface area contributed by atoms with Gasteiger partial charge in [-0.1, -0.05) is 42.5 Å². The maximum Gasteiger partial charge on any atom is 0.408 e. The Kier molecular flexibility index (Phi) is 13.5. The molecule has 14 nitrogen and oxygen atoms in total. The summed E-state index contributed by atoms with van der Waals surface area (Å²) in [5, 5.41) is 4.75. The maximum absolute atomic E-state index is 13.5. The Morgan fingerprint density at radius 3 is 1.56 bits per heavy atom. The molecule has 14 heteroatoms. The molecule has 0 aliphatic rings. The number of benzene rings is 3. The van der Waals surface area contributed by atoms with E-state index >= 15 is 0 Å². The van der Waals surface area contributed by atoms with Crippen molar-refractivity contribution in [1.29, 1.82) is 0 Å². The van der Waals surface area contributed by atoms with Crippen LogP contribution in [0.15, 0.2) is 84.0 Å². The van der Waals surface area contributed by atoms with Crippen LogP contribution in [0.2, 0.25) is 0 Å². The van der Waals surface area contributed by atoms with E-state index < -0.39 is 58.4 Å². The lowest BCUT2D eigenvalue weighted by Crippen LogP contribution is -2.44. The number of alkyl carbamates (subject to hydrolysis) is 1. The van der Waals surface area contributed by atoms with Crippen molar-refractivity contribution in [3.63, 3.8) is 0 Å². The third-order valence-electron chi connectivity index (χ3n) is 7.18. The van der Waals surface area contributed by atoms with E-state index in [4.69, 9.17) is 23.7 Å². The molecule has 1 atom stereocenters. The topological polar surface area (TPSA) is 190 Å². The zero-order valence-corrected chi connectivity index (χ0v) is 30.1. The van der Waals surface area contributed by atoms with Gasteiger partial charge in [-0.05, 0) is 90.4 Å². The van der Waals surface area contributed by atoms with Gasteiger partial charge in [0.05, 0.1) is 22.0 Å². The lowest BCUT2D eigenvalue weighted by molar-refractivity contribution is -0.149. The van der Waals surface area contributed by atoms with Crippen molar-refractivity contribution >= 4 is 35.9 Å². The first-order chi connectivity index (χ1) is 24.3. The third-order valence-corrected chi connectivity index (χ3v) is 7.18. The standard InChI is InChI=1S/C38H42N2O12/c1-36(2,3)52-35(46)39-27(30(41)40-47)20-24-18-19-28(50-33(44)37(4,5)22-48-31(42)25-14-10-8-11-15-25)29(21-24)51-34(45)38(6,7)23-49-32(43)26-16-12-9-13-17-26/h8-19,21,27H,20,22-23H2,1-7H3,(H,39,46)/t27-/m0/s1. The van der Waals surface area contributed by atoms with Crippen LogP contribution in [0.25, 0.3) is 0 Å². The highest BCUT2D eigenvalue weighted by Crippen LogP contribution is 2.34. The Morgan fingerprint density at radius 1 is 0.654 bits per heavy atom. The van der Waals surface area contributed by atoms with Crippen LogP contribution in [0.5, 0.6) is 11.5 Å². The summed E-state index contributed by atoms with van der Waals surface area (Å²) in [6.45, 7) is 10.0. The molecule has 0 saturated heterocycles. The number of ether oxygens (including phenoxy) is 5. The van der Waals surface area contributed by atoms with Gasteiger partial charge in [-0.25, -0.2) is 14.4 Å². The highest BCUT2D eigenvalue weighted by Gasteiger charge is 2.36. The average Bonchev–Trinajstić information content (AvgIpc) is 3.09. The van der Waals surface area contributed by atoms with Crippen molar-refractivity contribution in [1.82, 2.24) is 5.32 Å². The second kappa shape index (κ2) is 17.3. The van der Waals surface area contributed by atoms with E-state index in [9.17, 15) is 33.7 Å². The maximum atomic E-state index is 13.5. The molecule has 0 bridgehead atoms. The van der Waals surface area contributed by atoms with Crippen LogP contribution in [0.1, 0.15) is 74.7 Å². The Balaban J connectivity index is 1.87. The van der Waals surface area contributed by atoms with Gasteiger partial charge in [0.15, 0.2) is 11.5 Å². The number of esters is 4. The number of amides is 2. The lowest BCUT2D eigenvalue weighted by Gasteiger charge is -2.25. The largest absolute Gasteiger partial charge is 0.461 e. The summed E-state index contributed by atoms with van der Waals surface area (Å²) in [5.41, 5.74) is -2.87. The van der Waals surface area contributed by atoms with E-state index in [1.54, 1.807) is 81.4 Å². The Bertz CT molecular complexity index is 1780. The van der Waals surface area contributed by atoms with Gasteiger partial charge < -0.3 is 29.0 Å². The smallest absolute Gasteiger partial charge is 0.408 e. The van der Waals surface area contributed by atoms with Gasteiger partial charge in [0.25, 0.3) is 0 Å². The molecular formula is C38H42N2O12. The van der Waals surface area contributed by atoms with Crippen LogP contribution in [-0.4, -0.2) is 60.7 Å². The van der Waals surface area contributed by atoms with Crippen molar-refractivity contribution in [3.05, 3.63) is 100 Å². The number of hydrogen-bond donors (Lipinski definition) is 1. The molecule has 0 radical (unpaired) electrons. The molecule has 0 aromatic heterocycles. The number of hydrogen-bond acceptors (Lipinski definition) is 12. The molecule has 0 unspecified atom stereocenters. The fourth-order valence-corrected chi connectivity index (χ4v) is 4.19. The van der Waals surface area contributed by atoms with Gasteiger partial charge in [0.1, 0.15) is 24.9 Å². The molecule has 276 valence electrons. The van der Waals surface area contributed by atoms with E-state index in [-0.39, 0.29) is 47.8 Å². The fraction of sp³-hybridized carbons (Fsp3) is 0.368. The van der Waals surface area contributed by atoms with Crippen LogP contribution < -0.4 is 14.8 Å². The van der Waals surface area contributed by atoms with Crippen molar-refractivity contribution in [2.45, 2.75) is 66.5 Å². The van der Waals surface area contributed by atoms with Crippen LogP contribution in [-0.2, 0) is 35.0 Å². The predicted molar refractivity (Wildman–Crippen MR) is 186 cm³/mol. The molecule has 0 aliphatic heterocycles. The molecule has 52 heavy (non-hydrogen) atoms. The van der Waals surface area contributed by atoms with E-state index in [1.807, 2.05) is 0 Å². The molecule has 2 amide bonds. The van der Waals surface area contributed by atoms with Crippen LogP contribution in [0.3, 0.4) is 0 Å². The van der Waals surface area contributed by atoms with Gasteiger partial charge in [0, 0.05) is 11.6 Å². The minimum atomic E-state index is -1.46. The van der Waals surface area contributed by atoms with Gasteiger partial charge in [0.2, 0.25) is 0 Å². The van der Waals surface area contributed by atoms with Crippen LogP contribution >= 0.6 is 0 Å². The molecular weight excluding hydrogens is 676 g/mol. The molecule has 3 aromatic carbocycles. The van der Waals surface area contributed by atoms with Gasteiger partial charge in [-0.3, -0.25) is 14.4 Å². The zero-order valence-electron chi connectivity index (χ0n) is 30.1. The monoisotopic (exact) mass is 718 g/mol. The van der Waals surface area contributed by atoms with E-state index in [0.717, 1.165) is 0 Å². The second-order valence-corrected chi connectivity index (χ2v) is 14.0. The minimum absolute atomic E-state index is 0.224. The van der Waals surface area contributed by atoms with Gasteiger partial charge in [-0.2, -0.15) is 0 Å². The zero-order chi connectivity index (χ0) is 38.7. The van der Waals surface area contributed by atoms with Gasteiger partial charge in [-0.15, -0.1) is 4.91 Å². The molecule has 0 heterocycles. The molecule has 0 spiro atoms. The van der Waals surface area contributed by atoms with Crippen LogP contribution in [0, 0.1) is 15.7 Å². The quantitative estimate of drug-likeness (QED) is 0.0888. The summed E-state index contributed by atoms with van der Waals surface area (Å²) in [6.07, 6.45) is -1.28. The van der Waals surface area contributed by atoms with E-state index in [2.05, 4.69) is 10.5 Å². The van der Waals surface area contributed by atoms with Crippen molar-refractivity contribution in [2.24, 2.45) is 16.0 Å².